The van der Waals surface area contributed by atoms with E-state index in [0.29, 0.717) is 19.0 Å². The van der Waals surface area contributed by atoms with Crippen molar-refractivity contribution in [2.75, 3.05) is 26.0 Å². The smallest absolute Gasteiger partial charge is 0.214 e. The van der Waals surface area contributed by atoms with Gasteiger partial charge in [0.25, 0.3) is 0 Å². The quantitative estimate of drug-likeness (QED) is 0.649. The van der Waals surface area contributed by atoms with E-state index in [9.17, 15) is 8.42 Å². The zero-order valence-corrected chi connectivity index (χ0v) is 18.8. The molecular formula is C23H30N4O3S. The Kier molecular flexibility index (Phi) is 5.71. The molecule has 3 aromatic heterocycles. The molecule has 0 spiro atoms. The van der Waals surface area contributed by atoms with Crippen molar-refractivity contribution in [3.05, 3.63) is 36.3 Å². The molecule has 2 aliphatic rings. The summed E-state index contributed by atoms with van der Waals surface area (Å²) in [6, 6.07) is 4.20. The van der Waals surface area contributed by atoms with Crippen LogP contribution in [0.25, 0.3) is 21.9 Å². The van der Waals surface area contributed by atoms with Crippen molar-refractivity contribution in [3.63, 3.8) is 0 Å². The highest BCUT2D eigenvalue weighted by Crippen LogP contribution is 2.40. The molecule has 1 aliphatic heterocycles. The van der Waals surface area contributed by atoms with Crippen molar-refractivity contribution in [2.45, 2.75) is 50.5 Å². The summed E-state index contributed by atoms with van der Waals surface area (Å²) in [6.45, 7) is 1.12. The molecule has 1 unspecified atom stereocenters. The largest absolute Gasteiger partial charge is 0.380 e. The van der Waals surface area contributed by atoms with Gasteiger partial charge in [-0.05, 0) is 68.1 Å². The van der Waals surface area contributed by atoms with Crippen LogP contribution in [0.3, 0.4) is 0 Å². The summed E-state index contributed by atoms with van der Waals surface area (Å²) >= 11 is 0. The molecule has 4 heterocycles. The van der Waals surface area contributed by atoms with E-state index >= 15 is 0 Å². The van der Waals surface area contributed by atoms with Gasteiger partial charge in [-0.25, -0.2) is 13.4 Å². The van der Waals surface area contributed by atoms with Crippen molar-refractivity contribution < 1.29 is 13.2 Å². The number of aromatic amines is 1. The number of nitrogens with zero attached hydrogens (tertiary/aromatic N) is 3. The third-order valence-corrected chi connectivity index (χ3v) is 9.13. The molecule has 7 nitrogen and oxygen atoms in total. The summed E-state index contributed by atoms with van der Waals surface area (Å²) in [5.74, 6) is 0.920. The SMILES string of the molecule is COC1CCCN(S(=O)(=O)CC2CCC(c3ccnc4cnc5[nH]ccc5c34)CC2)C1. The zero-order valence-electron chi connectivity index (χ0n) is 18.0. The molecule has 2 fully saturated rings. The molecule has 31 heavy (non-hydrogen) atoms. The Bertz CT molecular complexity index is 1170. The van der Waals surface area contributed by atoms with Gasteiger partial charge in [-0.3, -0.25) is 4.98 Å². The standard InChI is InChI=1S/C23H30N4O3S/c1-30-18-3-2-12-27(14-18)31(28,29)15-16-4-6-17(7-5-16)19-8-10-24-21-13-26-23-20(22(19)21)9-11-25-23/h8-11,13,16-18H,2-7,12,14-15H2,1H3,(H,25,26). The van der Waals surface area contributed by atoms with Gasteiger partial charge in [-0.1, -0.05) is 0 Å². The highest BCUT2D eigenvalue weighted by atomic mass is 32.2. The molecule has 0 radical (unpaired) electrons. The zero-order chi connectivity index (χ0) is 21.4. The van der Waals surface area contributed by atoms with Crippen molar-refractivity contribution >= 4 is 32.0 Å². The molecule has 1 aliphatic carbocycles. The van der Waals surface area contributed by atoms with E-state index in [4.69, 9.17) is 4.74 Å². The van der Waals surface area contributed by atoms with Gasteiger partial charge in [0.15, 0.2) is 0 Å². The fourth-order valence-corrected chi connectivity index (χ4v) is 7.35. The lowest BCUT2D eigenvalue weighted by Gasteiger charge is -2.34. The lowest BCUT2D eigenvalue weighted by molar-refractivity contribution is 0.0570. The molecule has 166 valence electrons. The second-order valence-electron chi connectivity index (χ2n) is 9.01. The third kappa shape index (κ3) is 4.08. The minimum atomic E-state index is -3.23. The molecule has 8 heteroatoms. The van der Waals surface area contributed by atoms with Gasteiger partial charge in [-0.15, -0.1) is 0 Å². The maximum Gasteiger partial charge on any atom is 0.214 e. The van der Waals surface area contributed by atoms with E-state index in [1.165, 1.54) is 10.9 Å². The monoisotopic (exact) mass is 442 g/mol. The Hall–Kier alpha value is -2.03. The molecule has 0 bridgehead atoms. The number of H-pyrrole nitrogens is 1. The van der Waals surface area contributed by atoms with Crippen LogP contribution in [-0.2, 0) is 14.8 Å². The van der Waals surface area contributed by atoms with Gasteiger partial charge in [0.1, 0.15) is 5.65 Å². The summed E-state index contributed by atoms with van der Waals surface area (Å²) in [6.07, 6.45) is 11.4. The van der Waals surface area contributed by atoms with Gasteiger partial charge in [-0.2, -0.15) is 4.31 Å². The van der Waals surface area contributed by atoms with Crippen LogP contribution in [0, 0.1) is 5.92 Å². The number of ether oxygens (including phenoxy) is 1. The predicted molar refractivity (Wildman–Crippen MR) is 121 cm³/mol. The number of aromatic nitrogens is 3. The van der Waals surface area contributed by atoms with E-state index in [1.54, 1.807) is 11.4 Å². The molecule has 1 atom stereocenters. The fourth-order valence-electron chi connectivity index (χ4n) is 5.41. The van der Waals surface area contributed by atoms with Crippen LogP contribution in [0.15, 0.2) is 30.7 Å². The Morgan fingerprint density at radius 1 is 1.16 bits per heavy atom. The third-order valence-electron chi connectivity index (χ3n) is 7.12. The van der Waals surface area contributed by atoms with Gasteiger partial charge in [0.05, 0.1) is 23.6 Å². The van der Waals surface area contributed by atoms with Crippen LogP contribution in [0.4, 0.5) is 0 Å². The van der Waals surface area contributed by atoms with E-state index in [1.807, 2.05) is 18.6 Å². The van der Waals surface area contributed by atoms with Crippen molar-refractivity contribution in [1.29, 1.82) is 0 Å². The van der Waals surface area contributed by atoms with E-state index in [-0.39, 0.29) is 17.8 Å². The van der Waals surface area contributed by atoms with E-state index < -0.39 is 10.0 Å². The molecule has 1 saturated heterocycles. The van der Waals surface area contributed by atoms with Crippen molar-refractivity contribution in [1.82, 2.24) is 19.3 Å². The highest BCUT2D eigenvalue weighted by Gasteiger charge is 2.33. The molecule has 0 amide bonds. The maximum absolute atomic E-state index is 13.0. The van der Waals surface area contributed by atoms with Crippen LogP contribution < -0.4 is 0 Å². The van der Waals surface area contributed by atoms with Crippen LogP contribution in [0.5, 0.6) is 0 Å². The van der Waals surface area contributed by atoms with Gasteiger partial charge in [0, 0.05) is 43.4 Å². The van der Waals surface area contributed by atoms with Crippen LogP contribution in [-0.4, -0.2) is 59.7 Å². The average Bonchev–Trinajstić information content (AvgIpc) is 3.28. The van der Waals surface area contributed by atoms with Crippen molar-refractivity contribution in [3.8, 4) is 0 Å². The van der Waals surface area contributed by atoms with E-state index in [0.717, 1.165) is 55.1 Å². The molecule has 1 saturated carbocycles. The lowest BCUT2D eigenvalue weighted by atomic mass is 9.78. The van der Waals surface area contributed by atoms with Crippen LogP contribution in [0.1, 0.15) is 50.0 Å². The Morgan fingerprint density at radius 2 is 2.00 bits per heavy atom. The number of fused-ring (bicyclic) bond motifs is 3. The minimum Gasteiger partial charge on any atom is -0.380 e. The maximum atomic E-state index is 13.0. The molecule has 0 aromatic carbocycles. The fraction of sp³-hybridized carbons (Fsp3) is 0.565. The molecule has 5 rings (SSSR count). The summed E-state index contributed by atoms with van der Waals surface area (Å²) in [7, 11) is -1.56. The number of piperidine rings is 1. The molecular weight excluding hydrogens is 412 g/mol. The summed E-state index contributed by atoms with van der Waals surface area (Å²) in [4.78, 5) is 12.2. The Balaban J connectivity index is 1.29. The number of methoxy groups -OCH3 is 1. The summed E-state index contributed by atoms with van der Waals surface area (Å²) in [5.41, 5.74) is 3.13. The first-order chi connectivity index (χ1) is 15.0. The first-order valence-electron chi connectivity index (χ1n) is 11.3. The first-order valence-corrected chi connectivity index (χ1v) is 12.9. The lowest BCUT2D eigenvalue weighted by Crippen LogP contribution is -2.44. The topological polar surface area (TPSA) is 88.2 Å². The predicted octanol–water partition coefficient (Wildman–Crippen LogP) is 3.83. The average molecular weight is 443 g/mol. The van der Waals surface area contributed by atoms with Gasteiger partial charge in [0.2, 0.25) is 10.0 Å². The number of rotatable bonds is 5. The second kappa shape index (κ2) is 8.48. The first kappa shape index (κ1) is 20.8. The summed E-state index contributed by atoms with van der Waals surface area (Å²) < 4.78 is 33.1. The Labute approximate surface area is 183 Å². The number of nitrogens with one attached hydrogen (secondary N) is 1. The number of sulfonamides is 1. The number of hydrogen-bond acceptors (Lipinski definition) is 5. The van der Waals surface area contributed by atoms with Crippen LogP contribution >= 0.6 is 0 Å². The molecule has 1 N–H and O–H groups in total. The minimum absolute atomic E-state index is 0.0268. The number of pyridine rings is 2. The highest BCUT2D eigenvalue weighted by molar-refractivity contribution is 7.89. The number of hydrogen-bond donors (Lipinski definition) is 1. The van der Waals surface area contributed by atoms with E-state index in [2.05, 4.69) is 27.1 Å². The normalized spacial score (nSPS) is 25.9. The van der Waals surface area contributed by atoms with Crippen molar-refractivity contribution in [2.24, 2.45) is 5.92 Å². The van der Waals surface area contributed by atoms with Crippen LogP contribution in [0.2, 0.25) is 0 Å². The molecule has 3 aromatic rings. The van der Waals surface area contributed by atoms with Gasteiger partial charge >= 0.3 is 0 Å². The van der Waals surface area contributed by atoms with Gasteiger partial charge < -0.3 is 9.72 Å². The summed E-state index contributed by atoms with van der Waals surface area (Å²) in [5, 5.41) is 2.30. The second-order valence-corrected chi connectivity index (χ2v) is 11.0. The Morgan fingerprint density at radius 3 is 2.81 bits per heavy atom.